The molecule has 5 nitrogen and oxygen atoms in total. The highest BCUT2D eigenvalue weighted by molar-refractivity contribution is 9.10. The summed E-state index contributed by atoms with van der Waals surface area (Å²) in [6, 6.07) is 13.3. The van der Waals surface area contributed by atoms with E-state index in [-0.39, 0.29) is 12.0 Å². The van der Waals surface area contributed by atoms with E-state index in [4.69, 9.17) is 4.74 Å². The van der Waals surface area contributed by atoms with Crippen LogP contribution in [0.5, 0.6) is 5.75 Å². The minimum atomic E-state index is -0.224. The molecule has 1 amide bonds. The molecule has 0 unspecified atom stereocenters. The maximum Gasteiger partial charge on any atom is 0.271 e. The van der Waals surface area contributed by atoms with Crippen LogP contribution in [0.1, 0.15) is 42.6 Å². The third-order valence-electron chi connectivity index (χ3n) is 4.30. The smallest absolute Gasteiger partial charge is 0.271 e. The zero-order valence-corrected chi connectivity index (χ0v) is 17.2. The Kier molecular flexibility index (Phi) is 6.50. The number of nitrogens with one attached hydrogen (secondary N) is 1. The van der Waals surface area contributed by atoms with Crippen LogP contribution in [0.2, 0.25) is 0 Å². The zero-order chi connectivity index (χ0) is 19.2. The molecule has 1 aliphatic heterocycles. The average molecular weight is 430 g/mol. The van der Waals surface area contributed by atoms with Crippen molar-refractivity contribution in [3.05, 3.63) is 58.1 Å². The van der Waals surface area contributed by atoms with Gasteiger partial charge in [0.1, 0.15) is 5.75 Å². The van der Waals surface area contributed by atoms with Crippen molar-refractivity contribution >= 4 is 33.7 Å². The molecule has 6 heteroatoms. The molecule has 0 radical (unpaired) electrons. The Bertz CT molecular complexity index is 813. The predicted molar refractivity (Wildman–Crippen MR) is 113 cm³/mol. The van der Waals surface area contributed by atoms with E-state index in [0.29, 0.717) is 5.56 Å². The molecule has 27 heavy (non-hydrogen) atoms. The number of rotatable bonds is 6. The quantitative estimate of drug-likeness (QED) is 0.539. The van der Waals surface area contributed by atoms with Gasteiger partial charge in [-0.25, -0.2) is 5.43 Å². The first-order chi connectivity index (χ1) is 13.0. The minimum Gasteiger partial charge on any atom is -0.490 e. The molecule has 1 N–H and O–H groups in total. The number of carbonyl (C=O) groups excluding carboxylic acids is 1. The normalized spacial score (nSPS) is 14.1. The molecule has 2 aromatic rings. The molecule has 0 aliphatic carbocycles. The monoisotopic (exact) mass is 429 g/mol. The number of nitrogens with zero attached hydrogens (tertiary/aromatic N) is 2. The fourth-order valence-corrected chi connectivity index (χ4v) is 3.47. The molecule has 3 rings (SSSR count). The minimum absolute atomic E-state index is 0.108. The molecule has 1 aliphatic rings. The van der Waals surface area contributed by atoms with Gasteiger partial charge in [0.15, 0.2) is 0 Å². The summed E-state index contributed by atoms with van der Waals surface area (Å²) >= 11 is 3.49. The van der Waals surface area contributed by atoms with Gasteiger partial charge in [0.2, 0.25) is 0 Å². The molecule has 0 atom stereocenters. The number of amides is 1. The van der Waals surface area contributed by atoms with E-state index in [1.807, 2.05) is 56.3 Å². The lowest BCUT2D eigenvalue weighted by atomic mass is 10.2. The van der Waals surface area contributed by atoms with E-state index >= 15 is 0 Å². The van der Waals surface area contributed by atoms with Gasteiger partial charge in [-0.2, -0.15) is 5.10 Å². The van der Waals surface area contributed by atoms with Gasteiger partial charge in [-0.1, -0.05) is 0 Å². The number of halogens is 1. The van der Waals surface area contributed by atoms with Crippen molar-refractivity contribution in [3.63, 3.8) is 0 Å². The molecule has 1 heterocycles. The largest absolute Gasteiger partial charge is 0.490 e. The van der Waals surface area contributed by atoms with Crippen molar-refractivity contribution in [2.45, 2.75) is 32.8 Å². The van der Waals surface area contributed by atoms with Crippen molar-refractivity contribution in [3.8, 4) is 5.75 Å². The second kappa shape index (κ2) is 9.04. The number of carbonyl (C=O) groups is 1. The Labute approximate surface area is 168 Å². The Morgan fingerprint density at radius 2 is 1.89 bits per heavy atom. The van der Waals surface area contributed by atoms with Gasteiger partial charge in [0.05, 0.1) is 16.8 Å². The third kappa shape index (κ3) is 5.32. The van der Waals surface area contributed by atoms with Gasteiger partial charge >= 0.3 is 0 Å². The first-order valence-electron chi connectivity index (χ1n) is 9.17. The molecule has 0 saturated carbocycles. The Hall–Kier alpha value is -2.34. The van der Waals surface area contributed by atoms with Gasteiger partial charge in [-0.3, -0.25) is 4.79 Å². The zero-order valence-electron chi connectivity index (χ0n) is 15.6. The molecule has 0 spiro atoms. The fourth-order valence-electron chi connectivity index (χ4n) is 2.98. The lowest BCUT2D eigenvalue weighted by molar-refractivity contribution is 0.0955. The number of hydrogen-bond donors (Lipinski definition) is 1. The second-order valence-electron chi connectivity index (χ2n) is 6.80. The molecular weight excluding hydrogens is 406 g/mol. The Morgan fingerprint density at radius 1 is 1.19 bits per heavy atom. The van der Waals surface area contributed by atoms with E-state index in [2.05, 4.69) is 31.4 Å². The van der Waals surface area contributed by atoms with Crippen LogP contribution in [0, 0.1) is 0 Å². The Balaban J connectivity index is 1.57. The van der Waals surface area contributed by atoms with Gasteiger partial charge in [0.25, 0.3) is 5.91 Å². The summed E-state index contributed by atoms with van der Waals surface area (Å²) in [5, 5.41) is 4.05. The van der Waals surface area contributed by atoms with Crippen LogP contribution in [0.15, 0.2) is 52.0 Å². The topological polar surface area (TPSA) is 53.9 Å². The van der Waals surface area contributed by atoms with Crippen LogP contribution in [0.3, 0.4) is 0 Å². The maximum absolute atomic E-state index is 12.2. The number of hydrogen-bond acceptors (Lipinski definition) is 4. The summed E-state index contributed by atoms with van der Waals surface area (Å²) in [5.74, 6) is 0.558. The highest BCUT2D eigenvalue weighted by atomic mass is 79.9. The van der Waals surface area contributed by atoms with Crippen LogP contribution in [0.25, 0.3) is 0 Å². The second-order valence-corrected chi connectivity index (χ2v) is 7.65. The van der Waals surface area contributed by atoms with Crippen LogP contribution in [0.4, 0.5) is 5.69 Å². The average Bonchev–Trinajstić information content (AvgIpc) is 3.18. The number of benzene rings is 2. The molecule has 1 fully saturated rings. The van der Waals surface area contributed by atoms with Crippen LogP contribution in [-0.4, -0.2) is 31.3 Å². The van der Waals surface area contributed by atoms with E-state index in [1.54, 1.807) is 6.21 Å². The van der Waals surface area contributed by atoms with Gasteiger partial charge in [0, 0.05) is 24.3 Å². The summed E-state index contributed by atoms with van der Waals surface area (Å²) in [7, 11) is 0. The van der Waals surface area contributed by atoms with Crippen molar-refractivity contribution in [1.82, 2.24) is 5.43 Å². The summed E-state index contributed by atoms with van der Waals surface area (Å²) in [6.45, 7) is 6.14. The van der Waals surface area contributed by atoms with E-state index in [1.165, 1.54) is 18.5 Å². The van der Waals surface area contributed by atoms with Crippen LogP contribution in [-0.2, 0) is 0 Å². The number of anilines is 1. The maximum atomic E-state index is 12.2. The number of hydrazone groups is 1. The molecular formula is C21H24BrN3O2. The highest BCUT2D eigenvalue weighted by Crippen LogP contribution is 2.26. The molecule has 0 aromatic heterocycles. The molecule has 0 bridgehead atoms. The van der Waals surface area contributed by atoms with Crippen molar-refractivity contribution in [2.24, 2.45) is 5.10 Å². The van der Waals surface area contributed by atoms with E-state index in [0.717, 1.165) is 28.9 Å². The lowest BCUT2D eigenvalue weighted by Gasteiger charge is -2.17. The third-order valence-corrected chi connectivity index (χ3v) is 4.92. The SMILES string of the molecule is CC(C)Oc1ccc(/C=N\NC(=O)c2ccc(N3CCCC3)cc2)cc1Br. The lowest BCUT2D eigenvalue weighted by Crippen LogP contribution is -2.19. The van der Waals surface area contributed by atoms with E-state index < -0.39 is 0 Å². The molecule has 142 valence electrons. The predicted octanol–water partition coefficient (Wildman–Crippen LogP) is 4.60. The van der Waals surface area contributed by atoms with Crippen molar-refractivity contribution in [2.75, 3.05) is 18.0 Å². The number of ether oxygens (including phenoxy) is 1. The summed E-state index contributed by atoms with van der Waals surface area (Å²) in [6.07, 6.45) is 4.19. The Morgan fingerprint density at radius 3 is 2.52 bits per heavy atom. The summed E-state index contributed by atoms with van der Waals surface area (Å²) in [5.41, 5.74) is 5.20. The molecule has 2 aromatic carbocycles. The van der Waals surface area contributed by atoms with E-state index in [9.17, 15) is 4.79 Å². The van der Waals surface area contributed by atoms with Crippen molar-refractivity contribution < 1.29 is 9.53 Å². The fraction of sp³-hybridized carbons (Fsp3) is 0.333. The highest BCUT2D eigenvalue weighted by Gasteiger charge is 2.13. The first kappa shape index (κ1) is 19.4. The van der Waals surface area contributed by atoms with Crippen LogP contribution < -0.4 is 15.1 Å². The van der Waals surface area contributed by atoms with Crippen LogP contribution >= 0.6 is 15.9 Å². The van der Waals surface area contributed by atoms with Gasteiger partial charge < -0.3 is 9.64 Å². The summed E-state index contributed by atoms with van der Waals surface area (Å²) in [4.78, 5) is 14.6. The van der Waals surface area contributed by atoms with Gasteiger partial charge in [-0.05, 0) is 90.6 Å². The van der Waals surface area contributed by atoms with Gasteiger partial charge in [-0.15, -0.1) is 0 Å². The summed E-state index contributed by atoms with van der Waals surface area (Å²) < 4.78 is 6.53. The standard InChI is InChI=1S/C21H24BrN3O2/c1-15(2)27-20-10-5-16(13-19(20)22)14-23-24-21(26)17-6-8-18(9-7-17)25-11-3-4-12-25/h5-10,13-15H,3-4,11-12H2,1-2H3,(H,24,26)/b23-14-. The van der Waals surface area contributed by atoms with Crippen molar-refractivity contribution in [1.29, 1.82) is 0 Å². The molecule has 1 saturated heterocycles. The first-order valence-corrected chi connectivity index (χ1v) is 9.97.